The molecule has 5 heterocycles. The minimum atomic E-state index is -5.48. The third kappa shape index (κ3) is 13.1. The van der Waals surface area contributed by atoms with Gasteiger partial charge in [0.25, 0.3) is 4.87 Å². The Morgan fingerprint density at radius 2 is 1.22 bits per heavy atom. The number of urea groups is 2. The van der Waals surface area contributed by atoms with E-state index in [9.17, 15) is 56.4 Å². The maximum absolute atomic E-state index is 12.8. The van der Waals surface area contributed by atoms with Gasteiger partial charge in [0.2, 0.25) is 23.6 Å². The number of hydrogen-bond donors (Lipinski definition) is 9. The monoisotopic (exact) mass is 891 g/mol. The molecule has 5 fully saturated rings. The molecule has 0 bridgehead atoms. The first-order chi connectivity index (χ1) is 28.0. The van der Waals surface area contributed by atoms with Crippen molar-refractivity contribution in [3.63, 3.8) is 0 Å². The minimum absolute atomic E-state index is 0.0606. The SMILES string of the molecule is CCCCCC(=O)NC(CCCC(C(=O)O)(N1C(=O)CCC1=O)S(=O)(=O)O)NC(=O)CCCC[C@@H]1SC[C@@H]2NC(=O)N[C@@H]21.O=C(O)CCCC[C@@H]1SC[C@@H]2NC(=O)N[C@@H]21. The van der Waals surface area contributed by atoms with E-state index < -0.39 is 51.3 Å². The number of carbonyl (C=O) groups is 8. The normalized spacial score (nSPS) is 26.0. The summed E-state index contributed by atoms with van der Waals surface area (Å²) in [5, 5.41) is 36.1. The van der Waals surface area contributed by atoms with E-state index in [1.165, 1.54) is 0 Å². The maximum atomic E-state index is 12.8. The van der Waals surface area contributed by atoms with Gasteiger partial charge in [-0.1, -0.05) is 32.6 Å². The highest BCUT2D eigenvalue weighted by Gasteiger charge is 2.60. The Balaban J connectivity index is 0.000000398. The highest BCUT2D eigenvalue weighted by atomic mass is 32.2. The second-order valence-electron chi connectivity index (χ2n) is 15.4. The summed E-state index contributed by atoms with van der Waals surface area (Å²) in [5.41, 5.74) is 0. The van der Waals surface area contributed by atoms with Gasteiger partial charge in [0.15, 0.2) is 0 Å². The predicted octanol–water partition coefficient (Wildman–Crippen LogP) is 1.64. The lowest BCUT2D eigenvalue weighted by Crippen LogP contribution is -2.61. The van der Waals surface area contributed by atoms with E-state index in [1.54, 1.807) is 11.8 Å². The summed E-state index contributed by atoms with van der Waals surface area (Å²) in [4.78, 5) is 92.0. The summed E-state index contributed by atoms with van der Waals surface area (Å²) in [6.45, 7) is 1.98. The lowest BCUT2D eigenvalue weighted by molar-refractivity contribution is -0.157. The van der Waals surface area contributed by atoms with Crippen LogP contribution in [-0.4, -0.2) is 133 Å². The number of hydrogen-bond acceptors (Lipinski definition) is 12. The molecule has 0 spiro atoms. The van der Waals surface area contributed by atoms with Crippen molar-refractivity contribution in [3.05, 3.63) is 0 Å². The molecule has 2 unspecified atom stereocenters. The Hall–Kier alpha value is -3.83. The van der Waals surface area contributed by atoms with E-state index >= 15 is 0 Å². The number of thioether (sulfide) groups is 2. The van der Waals surface area contributed by atoms with Crippen LogP contribution in [0.5, 0.6) is 0 Å². The lowest BCUT2D eigenvalue weighted by atomic mass is 10.0. The standard InChI is InChI=1S/C26H41N5O10S2.C10H16N2O3S/c1-2-3-4-10-19(32)28-18(29-20(33)11-6-5-8-17-23-16(15-42-17)27-25(38)30-23)9-7-14-26(24(36)37,43(39,40)41)31-21(34)12-13-22(31)35;13-8(14)4-2-1-3-7-9-6(5-16-7)11-10(15)12-9/h16-18,23H,2-15H2,1H3,(H,28,32)(H,29,33)(H,36,37)(H2,27,30,38)(H,39,40,41);6-7,9H,1-5H2,(H,13,14)(H2,11,12,15)/t16-,17-,18?,23-,26?;6-,7-,9-/m00/s1. The predicted molar refractivity (Wildman–Crippen MR) is 217 cm³/mol. The van der Waals surface area contributed by atoms with Crippen LogP contribution in [0.1, 0.15) is 116 Å². The molecule has 20 nitrogen and oxygen atoms in total. The van der Waals surface area contributed by atoms with Crippen molar-refractivity contribution in [2.75, 3.05) is 11.5 Å². The first kappa shape index (κ1) is 47.8. The molecule has 5 saturated heterocycles. The number of unbranched alkanes of at least 4 members (excludes halogenated alkanes) is 4. The Morgan fingerprint density at radius 1 is 0.746 bits per heavy atom. The quantitative estimate of drug-likeness (QED) is 0.0232. The summed E-state index contributed by atoms with van der Waals surface area (Å²) in [7, 11) is -5.48. The van der Waals surface area contributed by atoms with Crippen LogP contribution in [0.3, 0.4) is 0 Å². The van der Waals surface area contributed by atoms with Crippen LogP contribution >= 0.6 is 23.5 Å². The van der Waals surface area contributed by atoms with E-state index in [4.69, 9.17) is 5.11 Å². The molecule has 59 heavy (non-hydrogen) atoms. The Bertz CT molecular complexity index is 1670. The van der Waals surface area contributed by atoms with Crippen LogP contribution in [0.15, 0.2) is 0 Å². The van der Waals surface area contributed by atoms with Gasteiger partial charge in [-0.05, 0) is 51.4 Å². The zero-order valence-electron chi connectivity index (χ0n) is 33.1. The van der Waals surface area contributed by atoms with Crippen LogP contribution < -0.4 is 31.9 Å². The molecule has 5 aliphatic heterocycles. The van der Waals surface area contributed by atoms with Crippen LogP contribution in [0.25, 0.3) is 0 Å². The molecular formula is C36H57N7O13S3. The first-order valence-electron chi connectivity index (χ1n) is 20.2. The highest BCUT2D eigenvalue weighted by molar-refractivity contribution is 8.00. The Kier molecular flexibility index (Phi) is 18.0. The van der Waals surface area contributed by atoms with Gasteiger partial charge in [-0.3, -0.25) is 28.5 Å². The van der Waals surface area contributed by atoms with Gasteiger partial charge in [-0.15, -0.1) is 0 Å². The molecule has 0 aliphatic carbocycles. The van der Waals surface area contributed by atoms with Crippen LogP contribution in [0, 0.1) is 0 Å². The number of imide groups is 1. The molecule has 0 aromatic rings. The summed E-state index contributed by atoms with van der Waals surface area (Å²) < 4.78 is 34.6. The number of aliphatic carboxylic acids is 2. The van der Waals surface area contributed by atoms with Crippen molar-refractivity contribution in [3.8, 4) is 0 Å². The topological polar surface area (TPSA) is 307 Å². The van der Waals surface area contributed by atoms with Crippen molar-refractivity contribution in [2.24, 2.45) is 0 Å². The number of rotatable bonds is 23. The van der Waals surface area contributed by atoms with Gasteiger partial charge in [0, 0.05) is 54.1 Å². The number of likely N-dealkylation sites (tertiary alicyclic amines) is 1. The van der Waals surface area contributed by atoms with Crippen molar-refractivity contribution in [2.45, 2.75) is 162 Å². The number of nitrogens with zero attached hydrogens (tertiary/aromatic N) is 1. The second kappa shape index (κ2) is 22.1. The zero-order valence-corrected chi connectivity index (χ0v) is 35.5. The van der Waals surface area contributed by atoms with Gasteiger partial charge in [-0.25, -0.2) is 19.3 Å². The van der Waals surface area contributed by atoms with E-state index in [-0.39, 0.29) is 103 Å². The number of amides is 8. The molecule has 0 radical (unpaired) electrons. The highest BCUT2D eigenvalue weighted by Crippen LogP contribution is 2.35. The average molecular weight is 892 g/mol. The molecule has 9 N–H and O–H groups in total. The maximum Gasteiger partial charge on any atom is 0.348 e. The average Bonchev–Trinajstić information content (AvgIpc) is 3.97. The first-order valence-corrected chi connectivity index (χ1v) is 23.7. The molecule has 332 valence electrons. The third-order valence-electron chi connectivity index (χ3n) is 11.0. The molecular weight excluding hydrogens is 835 g/mol. The number of carboxylic acids is 2. The summed E-state index contributed by atoms with van der Waals surface area (Å²) >= 11 is 3.64. The van der Waals surface area contributed by atoms with E-state index in [0.29, 0.717) is 18.1 Å². The fourth-order valence-corrected chi connectivity index (χ4v) is 12.1. The summed E-state index contributed by atoms with van der Waals surface area (Å²) in [5.74, 6) is -3.81. The van der Waals surface area contributed by atoms with E-state index in [1.807, 2.05) is 18.7 Å². The van der Waals surface area contributed by atoms with Crippen molar-refractivity contribution in [1.29, 1.82) is 0 Å². The molecule has 8 atom stereocenters. The molecule has 23 heteroatoms. The largest absolute Gasteiger partial charge is 0.481 e. The van der Waals surface area contributed by atoms with Gasteiger partial charge in [0.1, 0.15) is 6.17 Å². The molecule has 8 amide bonds. The number of carboxylic acid groups (broad SMARTS) is 2. The zero-order chi connectivity index (χ0) is 43.3. The van der Waals surface area contributed by atoms with Crippen LogP contribution in [0.2, 0.25) is 0 Å². The molecule has 5 aliphatic rings. The smallest absolute Gasteiger partial charge is 0.348 e. The van der Waals surface area contributed by atoms with Gasteiger partial charge < -0.3 is 42.1 Å². The lowest BCUT2D eigenvalue weighted by Gasteiger charge is -2.34. The third-order valence-corrected chi connectivity index (χ3v) is 15.4. The summed E-state index contributed by atoms with van der Waals surface area (Å²) in [6.07, 6.45) is 4.59. The van der Waals surface area contributed by atoms with Crippen molar-refractivity contribution >= 4 is 81.3 Å². The molecule has 0 saturated carbocycles. The fourth-order valence-electron chi connectivity index (χ4n) is 7.98. The van der Waals surface area contributed by atoms with Gasteiger partial charge >= 0.3 is 34.1 Å². The van der Waals surface area contributed by atoms with E-state index in [0.717, 1.165) is 56.5 Å². The molecule has 0 aromatic heterocycles. The Morgan fingerprint density at radius 3 is 1.66 bits per heavy atom. The van der Waals surface area contributed by atoms with Crippen LogP contribution in [0.4, 0.5) is 9.59 Å². The molecule has 0 aromatic carbocycles. The van der Waals surface area contributed by atoms with Crippen molar-refractivity contribution in [1.82, 2.24) is 36.8 Å². The second-order valence-corrected chi connectivity index (χ2v) is 19.5. The minimum Gasteiger partial charge on any atom is -0.481 e. The fraction of sp³-hybridized carbons (Fsp3) is 0.778. The van der Waals surface area contributed by atoms with E-state index in [2.05, 4.69) is 31.9 Å². The van der Waals surface area contributed by atoms with Gasteiger partial charge in [0.05, 0.1) is 24.2 Å². The van der Waals surface area contributed by atoms with Gasteiger partial charge in [-0.2, -0.15) is 31.9 Å². The molecule has 5 rings (SSSR count). The van der Waals surface area contributed by atoms with Crippen LogP contribution in [-0.2, 0) is 38.9 Å². The number of fused-ring (bicyclic) bond motifs is 2. The number of carbonyl (C=O) groups excluding carboxylic acids is 6. The summed E-state index contributed by atoms with van der Waals surface area (Å²) in [6, 6.07) is 0.439. The van der Waals surface area contributed by atoms with Crippen molar-refractivity contribution < 1.29 is 61.5 Å². The Labute approximate surface area is 351 Å². The number of nitrogens with one attached hydrogen (secondary N) is 6.